The average Bonchev–Trinajstić information content (AvgIpc) is 3.04. The van der Waals surface area contributed by atoms with Gasteiger partial charge in [0.05, 0.1) is 35.6 Å². The molecular formula is C20H17N3O4S. The van der Waals surface area contributed by atoms with Gasteiger partial charge >= 0.3 is 5.97 Å². The predicted molar refractivity (Wildman–Crippen MR) is 106 cm³/mol. The van der Waals surface area contributed by atoms with Gasteiger partial charge in [-0.3, -0.25) is 4.79 Å². The van der Waals surface area contributed by atoms with Gasteiger partial charge in [0, 0.05) is 5.56 Å². The highest BCUT2D eigenvalue weighted by Crippen LogP contribution is 2.42. The molecule has 0 bridgehead atoms. The van der Waals surface area contributed by atoms with Crippen molar-refractivity contribution in [2.24, 2.45) is 0 Å². The van der Waals surface area contributed by atoms with Crippen LogP contribution in [0.15, 0.2) is 54.7 Å². The van der Waals surface area contributed by atoms with E-state index in [1.54, 1.807) is 30.1 Å². The van der Waals surface area contributed by atoms with Crippen molar-refractivity contribution in [1.82, 2.24) is 9.78 Å². The van der Waals surface area contributed by atoms with Gasteiger partial charge < -0.3 is 15.2 Å². The number of thioether (sulfide) groups is 1. The Bertz CT molecular complexity index is 1030. The second-order valence-electron chi connectivity index (χ2n) is 6.22. The lowest BCUT2D eigenvalue weighted by molar-refractivity contribution is -0.113. The molecule has 0 fully saturated rings. The second-order valence-corrected chi connectivity index (χ2v) is 7.32. The van der Waals surface area contributed by atoms with Crippen LogP contribution in [0.1, 0.15) is 26.7 Å². The highest BCUT2D eigenvalue weighted by molar-refractivity contribution is 8.00. The normalized spacial score (nSPS) is 16.0. The van der Waals surface area contributed by atoms with E-state index in [2.05, 4.69) is 10.4 Å². The minimum absolute atomic E-state index is 0.0631. The number of nitrogens with zero attached hydrogens (tertiary/aromatic N) is 2. The molecule has 0 spiro atoms. The standard InChI is InChI=1S/C20H17N3O4S/c1-27-15-8-4-12(5-9-15)18-16-10-21-23(19(16)22-17(24)11-28-18)14-6-2-13(3-7-14)20(25)26/h2-10,18H,11H2,1H3,(H,22,24)(H,25,26)/t18-/m1/s1. The Morgan fingerprint density at radius 2 is 1.93 bits per heavy atom. The minimum atomic E-state index is -0.991. The third kappa shape index (κ3) is 3.34. The molecule has 3 aromatic rings. The molecule has 1 amide bonds. The van der Waals surface area contributed by atoms with Crippen LogP contribution in [0, 0.1) is 0 Å². The highest BCUT2D eigenvalue weighted by Gasteiger charge is 2.28. The van der Waals surface area contributed by atoms with Gasteiger partial charge in [-0.2, -0.15) is 5.10 Å². The number of carbonyl (C=O) groups is 2. The van der Waals surface area contributed by atoms with E-state index in [1.807, 2.05) is 24.3 Å². The molecule has 28 heavy (non-hydrogen) atoms. The number of fused-ring (bicyclic) bond motifs is 1. The van der Waals surface area contributed by atoms with Gasteiger partial charge in [0.25, 0.3) is 0 Å². The SMILES string of the molecule is COc1ccc([C@H]2SCC(=O)Nc3c2cnn3-c2ccc(C(=O)O)cc2)cc1. The quantitative estimate of drug-likeness (QED) is 0.704. The summed E-state index contributed by atoms with van der Waals surface area (Å²) >= 11 is 1.53. The van der Waals surface area contributed by atoms with Gasteiger partial charge in [0.2, 0.25) is 5.91 Å². The van der Waals surface area contributed by atoms with Crippen LogP contribution in [0.2, 0.25) is 0 Å². The van der Waals surface area contributed by atoms with E-state index >= 15 is 0 Å². The first-order valence-electron chi connectivity index (χ1n) is 8.54. The first-order chi connectivity index (χ1) is 13.6. The van der Waals surface area contributed by atoms with E-state index in [0.29, 0.717) is 17.3 Å². The molecule has 7 nitrogen and oxygen atoms in total. The molecule has 4 rings (SSSR count). The Kier molecular flexibility index (Phi) is 4.79. The van der Waals surface area contributed by atoms with E-state index in [0.717, 1.165) is 16.9 Å². The van der Waals surface area contributed by atoms with Crippen molar-refractivity contribution in [2.75, 3.05) is 18.2 Å². The molecule has 1 aliphatic heterocycles. The number of nitrogens with one attached hydrogen (secondary N) is 1. The minimum Gasteiger partial charge on any atom is -0.497 e. The zero-order valence-electron chi connectivity index (χ0n) is 15.0. The van der Waals surface area contributed by atoms with Gasteiger partial charge in [0.1, 0.15) is 11.6 Å². The molecule has 1 aromatic heterocycles. The molecule has 142 valence electrons. The van der Waals surface area contributed by atoms with Crippen molar-refractivity contribution < 1.29 is 19.4 Å². The lowest BCUT2D eigenvalue weighted by Crippen LogP contribution is -2.15. The van der Waals surface area contributed by atoms with Crippen molar-refractivity contribution in [3.05, 3.63) is 71.4 Å². The fourth-order valence-corrected chi connectivity index (χ4v) is 4.18. The molecule has 0 unspecified atom stereocenters. The predicted octanol–water partition coefficient (Wildman–Crippen LogP) is 3.35. The van der Waals surface area contributed by atoms with E-state index in [9.17, 15) is 9.59 Å². The lowest BCUT2D eigenvalue weighted by atomic mass is 10.1. The number of amides is 1. The largest absolute Gasteiger partial charge is 0.497 e. The Morgan fingerprint density at radius 3 is 2.57 bits per heavy atom. The van der Waals surface area contributed by atoms with Crippen LogP contribution in [-0.4, -0.2) is 39.6 Å². The van der Waals surface area contributed by atoms with Crippen molar-refractivity contribution in [1.29, 1.82) is 0 Å². The van der Waals surface area contributed by atoms with Gasteiger partial charge in [-0.25, -0.2) is 9.48 Å². The lowest BCUT2D eigenvalue weighted by Gasteiger charge is -2.15. The first-order valence-corrected chi connectivity index (χ1v) is 9.59. The number of anilines is 1. The Hall–Kier alpha value is -3.26. The maximum atomic E-state index is 12.3. The van der Waals surface area contributed by atoms with Gasteiger partial charge in [0.15, 0.2) is 0 Å². The number of ether oxygens (including phenoxy) is 1. The number of aromatic carboxylic acids is 1. The number of carboxylic acids is 1. The summed E-state index contributed by atoms with van der Waals surface area (Å²) in [5.74, 6) is 0.592. The molecule has 1 atom stereocenters. The summed E-state index contributed by atoms with van der Waals surface area (Å²) in [5.41, 5.74) is 2.80. The summed E-state index contributed by atoms with van der Waals surface area (Å²) < 4.78 is 6.85. The summed E-state index contributed by atoms with van der Waals surface area (Å²) in [6.07, 6.45) is 1.74. The Labute approximate surface area is 165 Å². The first kappa shape index (κ1) is 18.1. The third-order valence-corrected chi connectivity index (χ3v) is 5.78. The zero-order chi connectivity index (χ0) is 19.7. The fraction of sp³-hybridized carbons (Fsp3) is 0.150. The third-order valence-electron chi connectivity index (χ3n) is 4.50. The molecule has 0 radical (unpaired) electrons. The Morgan fingerprint density at radius 1 is 1.21 bits per heavy atom. The maximum Gasteiger partial charge on any atom is 0.335 e. The summed E-state index contributed by atoms with van der Waals surface area (Å²) in [5, 5.41) is 16.4. The smallest absolute Gasteiger partial charge is 0.335 e. The van der Waals surface area contributed by atoms with Crippen molar-refractivity contribution in [3.8, 4) is 11.4 Å². The molecule has 0 saturated heterocycles. The Balaban J connectivity index is 1.75. The summed E-state index contributed by atoms with van der Waals surface area (Å²) in [4.78, 5) is 23.4. The average molecular weight is 395 g/mol. The number of benzene rings is 2. The number of methoxy groups -OCH3 is 1. The van der Waals surface area contributed by atoms with Crippen molar-refractivity contribution >= 4 is 29.5 Å². The molecule has 2 heterocycles. The highest BCUT2D eigenvalue weighted by atomic mass is 32.2. The fourth-order valence-electron chi connectivity index (χ4n) is 3.09. The molecule has 2 N–H and O–H groups in total. The zero-order valence-corrected chi connectivity index (χ0v) is 15.8. The number of hydrogen-bond acceptors (Lipinski definition) is 5. The van der Waals surface area contributed by atoms with Crippen molar-refractivity contribution in [2.45, 2.75) is 5.25 Å². The van der Waals surface area contributed by atoms with E-state index < -0.39 is 5.97 Å². The van der Waals surface area contributed by atoms with Gasteiger partial charge in [-0.1, -0.05) is 12.1 Å². The van der Waals surface area contributed by atoms with E-state index in [-0.39, 0.29) is 16.7 Å². The number of carbonyl (C=O) groups excluding carboxylic acids is 1. The molecule has 0 saturated carbocycles. The van der Waals surface area contributed by atoms with Crippen LogP contribution in [0.3, 0.4) is 0 Å². The summed E-state index contributed by atoms with van der Waals surface area (Å²) in [6, 6.07) is 14.1. The van der Waals surface area contributed by atoms with E-state index in [4.69, 9.17) is 9.84 Å². The van der Waals surface area contributed by atoms with Crippen LogP contribution < -0.4 is 10.1 Å². The topological polar surface area (TPSA) is 93.5 Å². The molecule has 1 aliphatic rings. The number of aromatic nitrogens is 2. The number of hydrogen-bond donors (Lipinski definition) is 2. The van der Waals surface area contributed by atoms with Crippen LogP contribution in [0.5, 0.6) is 5.75 Å². The number of carboxylic acid groups (broad SMARTS) is 1. The van der Waals surface area contributed by atoms with Gasteiger partial charge in [-0.05, 0) is 42.0 Å². The number of rotatable bonds is 4. The second kappa shape index (κ2) is 7.40. The van der Waals surface area contributed by atoms with Crippen LogP contribution in [0.4, 0.5) is 5.82 Å². The van der Waals surface area contributed by atoms with Gasteiger partial charge in [-0.15, -0.1) is 11.8 Å². The molecule has 8 heteroatoms. The monoisotopic (exact) mass is 395 g/mol. The van der Waals surface area contributed by atoms with Crippen LogP contribution in [-0.2, 0) is 4.79 Å². The maximum absolute atomic E-state index is 12.3. The van der Waals surface area contributed by atoms with Crippen molar-refractivity contribution in [3.63, 3.8) is 0 Å². The van der Waals surface area contributed by atoms with Crippen LogP contribution in [0.25, 0.3) is 5.69 Å². The summed E-state index contributed by atoms with van der Waals surface area (Å²) in [6.45, 7) is 0. The van der Waals surface area contributed by atoms with Crippen LogP contribution >= 0.6 is 11.8 Å². The molecule has 2 aromatic carbocycles. The molecule has 0 aliphatic carbocycles. The summed E-state index contributed by atoms with van der Waals surface area (Å²) in [7, 11) is 1.62. The van der Waals surface area contributed by atoms with E-state index in [1.165, 1.54) is 23.9 Å². The molecular weight excluding hydrogens is 378 g/mol.